The van der Waals surface area contributed by atoms with Gasteiger partial charge in [-0.15, -0.1) is 0 Å². The minimum Gasteiger partial charge on any atom is -0.305 e. The van der Waals surface area contributed by atoms with E-state index >= 15 is 0 Å². The maximum atomic E-state index is 7.09. The van der Waals surface area contributed by atoms with Gasteiger partial charge in [0.1, 0.15) is 0 Å². The summed E-state index contributed by atoms with van der Waals surface area (Å²) in [5.74, 6) is 0. The van der Waals surface area contributed by atoms with Crippen LogP contribution in [-0.2, 0) is 0 Å². The predicted molar refractivity (Wildman–Crippen MR) is 35.4 cm³/mol. The van der Waals surface area contributed by atoms with Crippen LogP contribution in [0.3, 0.4) is 0 Å². The van der Waals surface area contributed by atoms with Gasteiger partial charge in [0.25, 0.3) is 0 Å². The molecule has 1 nitrogen and oxygen atoms in total. The normalized spacial score (nSPS) is 18.6. The molecule has 1 rings (SSSR count). The van der Waals surface area contributed by atoms with Gasteiger partial charge in [-0.05, 0) is 12.2 Å². The molecule has 0 fully saturated rings. The molecule has 0 aromatic carbocycles. The monoisotopic (exact) mass is 127 g/mol. The Hall–Kier alpha value is -0.560. The number of halogens is 1. The summed E-state index contributed by atoms with van der Waals surface area (Å²) >= 11 is 5.56. The highest BCUT2D eigenvalue weighted by Gasteiger charge is 1.95. The molecule has 0 aliphatic heterocycles. The Balaban J connectivity index is 2.71. The molecule has 8 heavy (non-hydrogen) atoms. The number of hydrogen-bond donors (Lipinski definition) is 1. The van der Waals surface area contributed by atoms with E-state index in [4.69, 9.17) is 17.0 Å². The Labute approximate surface area is 53.2 Å². The molecule has 0 bridgehead atoms. The second-order valence-electron chi connectivity index (χ2n) is 1.65. The van der Waals surface area contributed by atoms with Crippen molar-refractivity contribution in [1.82, 2.24) is 0 Å². The summed E-state index contributed by atoms with van der Waals surface area (Å²) in [6.07, 6.45) is 5.94. The van der Waals surface area contributed by atoms with Crippen molar-refractivity contribution in [2.75, 3.05) is 0 Å². The lowest BCUT2D eigenvalue weighted by atomic mass is 10.2. The minimum atomic E-state index is 0.620. The molecule has 0 radical (unpaired) electrons. The van der Waals surface area contributed by atoms with Crippen LogP contribution >= 0.6 is 11.6 Å². The summed E-state index contributed by atoms with van der Waals surface area (Å²) in [6, 6.07) is 0. The van der Waals surface area contributed by atoms with E-state index in [0.717, 1.165) is 5.03 Å². The summed E-state index contributed by atoms with van der Waals surface area (Å²) in [5.41, 5.74) is 0.620. The van der Waals surface area contributed by atoms with Crippen LogP contribution in [0.5, 0.6) is 0 Å². The van der Waals surface area contributed by atoms with Crippen LogP contribution in [0.15, 0.2) is 23.3 Å². The highest BCUT2D eigenvalue weighted by Crippen LogP contribution is 2.09. The molecule has 0 aromatic heterocycles. The Morgan fingerprint density at radius 2 is 2.25 bits per heavy atom. The van der Waals surface area contributed by atoms with Crippen molar-refractivity contribution in [2.45, 2.75) is 6.42 Å². The van der Waals surface area contributed by atoms with Gasteiger partial charge >= 0.3 is 0 Å². The van der Waals surface area contributed by atoms with E-state index in [9.17, 15) is 0 Å². The standard InChI is InChI=1S/C6H6ClN/c7-5-1-3-6(8)4-2-5/h1-3,8H,4H2. The Morgan fingerprint density at radius 1 is 1.50 bits per heavy atom. The molecule has 0 unspecified atom stereocenters. The molecule has 0 amide bonds. The molecular formula is C6H6ClN. The van der Waals surface area contributed by atoms with Crippen molar-refractivity contribution >= 4 is 17.3 Å². The molecule has 42 valence electrons. The van der Waals surface area contributed by atoms with Gasteiger partial charge < -0.3 is 5.41 Å². The van der Waals surface area contributed by atoms with E-state index in [0.29, 0.717) is 12.1 Å². The highest BCUT2D eigenvalue weighted by molar-refractivity contribution is 6.32. The largest absolute Gasteiger partial charge is 0.305 e. The van der Waals surface area contributed by atoms with Gasteiger partial charge in [-0.25, -0.2) is 0 Å². The Bertz CT molecular complexity index is 165. The fourth-order valence-corrected chi connectivity index (χ4v) is 0.664. The van der Waals surface area contributed by atoms with Crippen LogP contribution in [0.25, 0.3) is 0 Å². The molecule has 1 N–H and O–H groups in total. The molecule has 0 heterocycles. The van der Waals surface area contributed by atoms with E-state index in [1.165, 1.54) is 0 Å². The first-order valence-corrected chi connectivity index (χ1v) is 2.78. The van der Waals surface area contributed by atoms with Gasteiger partial charge in [0.2, 0.25) is 0 Å². The molecule has 1 aliphatic rings. The SMILES string of the molecule is N=C1C=CC(Cl)=CC1. The zero-order valence-electron chi connectivity index (χ0n) is 4.32. The maximum absolute atomic E-state index is 7.09. The third-order valence-corrected chi connectivity index (χ3v) is 1.24. The van der Waals surface area contributed by atoms with Crippen LogP contribution in [0, 0.1) is 5.41 Å². The number of nitrogens with one attached hydrogen (secondary N) is 1. The Kier molecular flexibility index (Phi) is 1.49. The number of hydrogen-bond acceptors (Lipinski definition) is 1. The van der Waals surface area contributed by atoms with Crippen LogP contribution in [0.2, 0.25) is 0 Å². The van der Waals surface area contributed by atoms with Gasteiger partial charge in [0, 0.05) is 17.2 Å². The summed E-state index contributed by atoms with van der Waals surface area (Å²) in [6.45, 7) is 0. The molecule has 0 aromatic rings. The van der Waals surface area contributed by atoms with E-state index in [1.54, 1.807) is 12.2 Å². The predicted octanol–water partition coefficient (Wildman–Crippen LogP) is 2.09. The first kappa shape index (κ1) is 5.57. The van der Waals surface area contributed by atoms with Crippen LogP contribution < -0.4 is 0 Å². The van der Waals surface area contributed by atoms with Crippen molar-refractivity contribution in [3.63, 3.8) is 0 Å². The van der Waals surface area contributed by atoms with Gasteiger partial charge in [0.05, 0.1) is 0 Å². The Morgan fingerprint density at radius 3 is 2.62 bits per heavy atom. The molecule has 0 saturated heterocycles. The minimum absolute atomic E-state index is 0.620. The quantitative estimate of drug-likeness (QED) is 0.515. The van der Waals surface area contributed by atoms with Crippen molar-refractivity contribution in [3.8, 4) is 0 Å². The summed E-state index contributed by atoms with van der Waals surface area (Å²) in [7, 11) is 0. The lowest BCUT2D eigenvalue weighted by Gasteiger charge is -1.97. The highest BCUT2D eigenvalue weighted by atomic mass is 35.5. The van der Waals surface area contributed by atoms with Gasteiger partial charge in [-0.1, -0.05) is 17.7 Å². The second kappa shape index (κ2) is 2.14. The van der Waals surface area contributed by atoms with Crippen LogP contribution in [0.1, 0.15) is 6.42 Å². The number of allylic oxidation sites excluding steroid dienone is 4. The van der Waals surface area contributed by atoms with Crippen molar-refractivity contribution in [3.05, 3.63) is 23.3 Å². The first-order valence-electron chi connectivity index (χ1n) is 2.40. The summed E-state index contributed by atoms with van der Waals surface area (Å²) in [4.78, 5) is 0. The molecule has 0 spiro atoms. The maximum Gasteiger partial charge on any atom is 0.0370 e. The molecule has 0 atom stereocenters. The molecule has 0 saturated carbocycles. The lowest BCUT2D eigenvalue weighted by molar-refractivity contribution is 1.36. The zero-order valence-corrected chi connectivity index (χ0v) is 5.07. The average molecular weight is 128 g/mol. The van der Waals surface area contributed by atoms with Crippen molar-refractivity contribution in [2.24, 2.45) is 0 Å². The topological polar surface area (TPSA) is 23.9 Å². The lowest BCUT2D eigenvalue weighted by Crippen LogP contribution is -1.91. The fraction of sp³-hybridized carbons (Fsp3) is 0.167. The van der Waals surface area contributed by atoms with Crippen LogP contribution in [-0.4, -0.2) is 5.71 Å². The zero-order chi connectivity index (χ0) is 5.98. The third kappa shape index (κ3) is 1.20. The van der Waals surface area contributed by atoms with Crippen LogP contribution in [0.4, 0.5) is 0 Å². The summed E-state index contributed by atoms with van der Waals surface area (Å²) < 4.78 is 0. The van der Waals surface area contributed by atoms with Gasteiger partial charge in [0.15, 0.2) is 0 Å². The first-order chi connectivity index (χ1) is 3.79. The van der Waals surface area contributed by atoms with E-state index in [-0.39, 0.29) is 0 Å². The smallest absolute Gasteiger partial charge is 0.0370 e. The van der Waals surface area contributed by atoms with Crippen molar-refractivity contribution < 1.29 is 0 Å². The average Bonchev–Trinajstić information content (AvgIpc) is 1.77. The van der Waals surface area contributed by atoms with E-state index < -0.39 is 0 Å². The third-order valence-electron chi connectivity index (χ3n) is 0.961. The number of rotatable bonds is 0. The fourth-order valence-electron chi connectivity index (χ4n) is 0.524. The van der Waals surface area contributed by atoms with Gasteiger partial charge in [-0.2, -0.15) is 0 Å². The van der Waals surface area contributed by atoms with E-state index in [1.807, 2.05) is 6.08 Å². The molecule has 2 heteroatoms. The van der Waals surface area contributed by atoms with Gasteiger partial charge in [-0.3, -0.25) is 0 Å². The second-order valence-corrected chi connectivity index (χ2v) is 2.09. The molecular weight excluding hydrogens is 122 g/mol. The summed E-state index contributed by atoms with van der Waals surface area (Å²) in [5, 5.41) is 7.83. The van der Waals surface area contributed by atoms with Crippen molar-refractivity contribution in [1.29, 1.82) is 5.41 Å². The molecule has 1 aliphatic carbocycles. The van der Waals surface area contributed by atoms with E-state index in [2.05, 4.69) is 0 Å².